The van der Waals surface area contributed by atoms with Crippen molar-refractivity contribution < 1.29 is 14.0 Å². The zero-order valence-electron chi connectivity index (χ0n) is 17.0. The number of nitrogens with one attached hydrogen (secondary N) is 2. The van der Waals surface area contributed by atoms with Crippen LogP contribution in [0.1, 0.15) is 41.4 Å². The second kappa shape index (κ2) is 9.83. The van der Waals surface area contributed by atoms with E-state index >= 15 is 0 Å². The smallest absolute Gasteiger partial charge is 0.251 e. The van der Waals surface area contributed by atoms with Gasteiger partial charge >= 0.3 is 0 Å². The number of benzene rings is 3. The van der Waals surface area contributed by atoms with Gasteiger partial charge in [0.05, 0.1) is 6.04 Å². The van der Waals surface area contributed by atoms with Gasteiger partial charge in [0.2, 0.25) is 5.91 Å². The third kappa shape index (κ3) is 5.32. The topological polar surface area (TPSA) is 58.2 Å². The minimum Gasteiger partial charge on any atom is -0.343 e. The quantitative estimate of drug-likeness (QED) is 0.610. The third-order valence-electron chi connectivity index (χ3n) is 4.89. The lowest BCUT2D eigenvalue weighted by Gasteiger charge is -2.26. The zero-order chi connectivity index (χ0) is 21.5. The summed E-state index contributed by atoms with van der Waals surface area (Å²) in [6.07, 6.45) is 0. The molecule has 2 N–H and O–H groups in total. The standard InChI is InChI=1S/C25H25FN2O2/c1-17(2)22(27-24(29)20-11-7-4-8-12-20)25(30)28-23(18-9-5-3-6-10-18)19-13-15-21(26)16-14-19/h3-17,22-23H,1-2H3,(H,27,29)(H,28,30). The van der Waals surface area contributed by atoms with Gasteiger partial charge in [0.25, 0.3) is 5.91 Å². The summed E-state index contributed by atoms with van der Waals surface area (Å²) in [4.78, 5) is 25.8. The van der Waals surface area contributed by atoms with Crippen molar-refractivity contribution in [3.05, 3.63) is 107 Å². The summed E-state index contributed by atoms with van der Waals surface area (Å²) in [5.41, 5.74) is 2.12. The van der Waals surface area contributed by atoms with Crippen LogP contribution in [0.3, 0.4) is 0 Å². The summed E-state index contributed by atoms with van der Waals surface area (Å²) >= 11 is 0. The molecule has 3 aromatic carbocycles. The minimum atomic E-state index is -0.718. The maximum atomic E-state index is 13.4. The zero-order valence-corrected chi connectivity index (χ0v) is 17.0. The molecule has 0 aliphatic heterocycles. The molecule has 0 spiro atoms. The Hall–Kier alpha value is -3.47. The monoisotopic (exact) mass is 404 g/mol. The normalized spacial score (nSPS) is 12.8. The van der Waals surface area contributed by atoms with Crippen molar-refractivity contribution >= 4 is 11.8 Å². The molecule has 3 rings (SSSR count). The van der Waals surface area contributed by atoms with Crippen LogP contribution in [0.4, 0.5) is 4.39 Å². The van der Waals surface area contributed by atoms with E-state index in [9.17, 15) is 14.0 Å². The van der Waals surface area contributed by atoms with Crippen molar-refractivity contribution in [2.75, 3.05) is 0 Å². The molecule has 0 aliphatic carbocycles. The first kappa shape index (κ1) is 21.2. The molecule has 4 nitrogen and oxygen atoms in total. The van der Waals surface area contributed by atoms with Crippen molar-refractivity contribution in [3.63, 3.8) is 0 Å². The molecule has 2 unspecified atom stereocenters. The van der Waals surface area contributed by atoms with E-state index in [1.54, 1.807) is 36.4 Å². The van der Waals surface area contributed by atoms with Gasteiger partial charge in [-0.15, -0.1) is 0 Å². The van der Waals surface area contributed by atoms with Gasteiger partial charge in [0, 0.05) is 5.56 Å². The summed E-state index contributed by atoms with van der Waals surface area (Å²) in [5, 5.41) is 5.87. The second-order valence-corrected chi connectivity index (χ2v) is 7.47. The molecule has 0 saturated heterocycles. The Balaban J connectivity index is 1.83. The Bertz CT molecular complexity index is 973. The molecule has 2 amide bonds. The lowest BCUT2D eigenvalue weighted by molar-refractivity contribution is -0.124. The molecule has 3 aromatic rings. The molecule has 0 heterocycles. The Kier molecular flexibility index (Phi) is 6.96. The average molecular weight is 404 g/mol. The first-order valence-electron chi connectivity index (χ1n) is 9.92. The lowest BCUT2D eigenvalue weighted by Crippen LogP contribution is -2.50. The fourth-order valence-electron chi connectivity index (χ4n) is 3.24. The fourth-order valence-corrected chi connectivity index (χ4v) is 3.24. The highest BCUT2D eigenvalue weighted by molar-refractivity contribution is 5.97. The Labute approximate surface area is 176 Å². The van der Waals surface area contributed by atoms with Gasteiger partial charge in [0.15, 0.2) is 0 Å². The maximum Gasteiger partial charge on any atom is 0.251 e. The van der Waals surface area contributed by atoms with Gasteiger partial charge in [-0.25, -0.2) is 4.39 Å². The molecular weight excluding hydrogens is 379 g/mol. The Morgan fingerprint density at radius 1 is 0.733 bits per heavy atom. The van der Waals surface area contributed by atoms with Gasteiger partial charge in [-0.3, -0.25) is 9.59 Å². The minimum absolute atomic E-state index is 0.123. The molecule has 30 heavy (non-hydrogen) atoms. The van der Waals surface area contributed by atoms with E-state index in [-0.39, 0.29) is 23.5 Å². The number of hydrogen-bond acceptors (Lipinski definition) is 2. The number of amides is 2. The van der Waals surface area contributed by atoms with Gasteiger partial charge in [-0.05, 0) is 41.3 Å². The van der Waals surface area contributed by atoms with Crippen LogP contribution in [0.2, 0.25) is 0 Å². The van der Waals surface area contributed by atoms with E-state index in [1.165, 1.54) is 12.1 Å². The van der Waals surface area contributed by atoms with Gasteiger partial charge in [-0.1, -0.05) is 74.5 Å². The number of carbonyl (C=O) groups excluding carboxylic acids is 2. The number of halogens is 1. The van der Waals surface area contributed by atoms with E-state index in [2.05, 4.69) is 10.6 Å². The summed E-state index contributed by atoms with van der Waals surface area (Å²) in [6.45, 7) is 3.76. The van der Waals surface area contributed by atoms with E-state index < -0.39 is 12.1 Å². The highest BCUT2D eigenvalue weighted by Crippen LogP contribution is 2.23. The highest BCUT2D eigenvalue weighted by atomic mass is 19.1. The van der Waals surface area contributed by atoms with Gasteiger partial charge in [0.1, 0.15) is 11.9 Å². The molecular formula is C25H25FN2O2. The summed E-state index contributed by atoms with van der Waals surface area (Å²) in [5.74, 6) is -1.07. The summed E-state index contributed by atoms with van der Waals surface area (Å²) < 4.78 is 13.4. The molecule has 0 saturated carbocycles. The first-order valence-corrected chi connectivity index (χ1v) is 9.92. The molecule has 5 heteroatoms. The number of hydrogen-bond donors (Lipinski definition) is 2. The predicted octanol–water partition coefficient (Wildman–Crippen LogP) is 4.49. The second-order valence-electron chi connectivity index (χ2n) is 7.47. The molecule has 0 aromatic heterocycles. The molecule has 0 bridgehead atoms. The van der Waals surface area contributed by atoms with Crippen LogP contribution in [0.15, 0.2) is 84.9 Å². The van der Waals surface area contributed by atoms with Gasteiger partial charge in [-0.2, -0.15) is 0 Å². The number of rotatable bonds is 7. The van der Waals surface area contributed by atoms with Gasteiger partial charge < -0.3 is 10.6 Å². The van der Waals surface area contributed by atoms with Crippen molar-refractivity contribution in [3.8, 4) is 0 Å². The van der Waals surface area contributed by atoms with Crippen LogP contribution < -0.4 is 10.6 Å². The number of carbonyl (C=O) groups is 2. The molecule has 0 aliphatic rings. The van der Waals surface area contributed by atoms with Crippen molar-refractivity contribution in [1.29, 1.82) is 0 Å². The van der Waals surface area contributed by atoms with E-state index in [4.69, 9.17) is 0 Å². The van der Waals surface area contributed by atoms with E-state index in [0.717, 1.165) is 11.1 Å². The fraction of sp³-hybridized carbons (Fsp3) is 0.200. The Morgan fingerprint density at radius 3 is 1.83 bits per heavy atom. The SMILES string of the molecule is CC(C)C(NC(=O)c1ccccc1)C(=O)NC(c1ccccc1)c1ccc(F)cc1. The summed E-state index contributed by atoms with van der Waals surface area (Å²) in [6, 6.07) is 23.1. The lowest BCUT2D eigenvalue weighted by atomic mass is 9.96. The Morgan fingerprint density at radius 2 is 1.27 bits per heavy atom. The molecule has 0 radical (unpaired) electrons. The first-order chi connectivity index (χ1) is 14.5. The predicted molar refractivity (Wildman–Crippen MR) is 115 cm³/mol. The van der Waals surface area contributed by atoms with Crippen molar-refractivity contribution in [1.82, 2.24) is 10.6 Å². The van der Waals surface area contributed by atoms with Crippen LogP contribution in [0, 0.1) is 11.7 Å². The molecule has 0 fully saturated rings. The van der Waals surface area contributed by atoms with Crippen LogP contribution in [-0.2, 0) is 4.79 Å². The van der Waals surface area contributed by atoms with Crippen molar-refractivity contribution in [2.45, 2.75) is 25.9 Å². The highest BCUT2D eigenvalue weighted by Gasteiger charge is 2.27. The van der Waals surface area contributed by atoms with E-state index in [1.807, 2.05) is 50.2 Å². The summed E-state index contributed by atoms with van der Waals surface area (Å²) in [7, 11) is 0. The van der Waals surface area contributed by atoms with Crippen LogP contribution in [0.25, 0.3) is 0 Å². The van der Waals surface area contributed by atoms with Crippen LogP contribution in [-0.4, -0.2) is 17.9 Å². The molecule has 2 atom stereocenters. The maximum absolute atomic E-state index is 13.4. The molecule has 154 valence electrons. The largest absolute Gasteiger partial charge is 0.343 e. The average Bonchev–Trinajstić information content (AvgIpc) is 2.77. The van der Waals surface area contributed by atoms with Crippen LogP contribution in [0.5, 0.6) is 0 Å². The van der Waals surface area contributed by atoms with Crippen molar-refractivity contribution in [2.24, 2.45) is 5.92 Å². The van der Waals surface area contributed by atoms with Crippen LogP contribution >= 0.6 is 0 Å². The van der Waals surface area contributed by atoms with E-state index in [0.29, 0.717) is 5.56 Å². The third-order valence-corrected chi connectivity index (χ3v) is 4.89.